The summed E-state index contributed by atoms with van der Waals surface area (Å²) in [5, 5.41) is 1.98. The maximum absolute atomic E-state index is 14.1. The summed E-state index contributed by atoms with van der Waals surface area (Å²) in [6.07, 6.45) is 4.63. The molecule has 0 bridgehead atoms. The van der Waals surface area contributed by atoms with Crippen LogP contribution in [0.1, 0.15) is 19.3 Å². The minimum atomic E-state index is -2.59. The predicted molar refractivity (Wildman–Crippen MR) is 110 cm³/mol. The van der Waals surface area contributed by atoms with Gasteiger partial charge < -0.3 is 9.46 Å². The smallest absolute Gasteiger partial charge is 0.144 e. The molecule has 2 aliphatic rings. The van der Waals surface area contributed by atoms with Gasteiger partial charge in [-0.1, -0.05) is 60.7 Å². The van der Waals surface area contributed by atoms with E-state index in [-0.39, 0.29) is 0 Å². The van der Waals surface area contributed by atoms with Crippen LogP contribution >= 0.6 is 7.14 Å². The Kier molecular flexibility index (Phi) is 5.59. The Morgan fingerprint density at radius 3 is 2.12 bits per heavy atom. The zero-order chi connectivity index (χ0) is 17.8. The third-order valence-electron chi connectivity index (χ3n) is 5.97. The van der Waals surface area contributed by atoms with Gasteiger partial charge in [0, 0.05) is 35.9 Å². The lowest BCUT2D eigenvalue weighted by Crippen LogP contribution is -2.38. The summed E-state index contributed by atoms with van der Waals surface area (Å²) in [5.74, 6) is 0. The van der Waals surface area contributed by atoms with Crippen LogP contribution in [0.4, 0.5) is 0 Å². The lowest BCUT2D eigenvalue weighted by atomic mass is 10.2. The van der Waals surface area contributed by atoms with Gasteiger partial charge in [0.05, 0.1) is 0 Å². The number of fused-ring (bicyclic) bond motifs is 1. The van der Waals surface area contributed by atoms with Gasteiger partial charge in [-0.3, -0.25) is 4.90 Å². The van der Waals surface area contributed by atoms with Gasteiger partial charge in [-0.2, -0.15) is 0 Å². The quantitative estimate of drug-likeness (QED) is 0.758. The lowest BCUT2D eigenvalue weighted by molar-refractivity contribution is 0.226. The van der Waals surface area contributed by atoms with Gasteiger partial charge in [-0.05, 0) is 38.9 Å². The normalized spacial score (nSPS) is 22.1. The van der Waals surface area contributed by atoms with E-state index >= 15 is 0 Å². The first-order valence-corrected chi connectivity index (χ1v) is 11.8. The van der Waals surface area contributed by atoms with E-state index in [1.807, 2.05) is 60.7 Å². The van der Waals surface area contributed by atoms with Crippen molar-refractivity contribution in [2.45, 2.75) is 25.3 Å². The first kappa shape index (κ1) is 18.0. The van der Waals surface area contributed by atoms with Gasteiger partial charge in [0.15, 0.2) is 0 Å². The standard InChI is InChI=1S/C22H29N2OP/c25-26(21-10-3-1-4-11-21,22-12-5-2-6-13-22)18-17-23-14-8-16-24-15-7-9-20(24)19-23/h1-6,10-13,20H,7-9,14-19H2/t20-/m0/s1. The van der Waals surface area contributed by atoms with Crippen molar-refractivity contribution in [3.8, 4) is 0 Å². The van der Waals surface area contributed by atoms with E-state index in [0.29, 0.717) is 6.04 Å². The molecule has 2 saturated heterocycles. The minimum Gasteiger partial charge on any atom is -0.314 e. The van der Waals surface area contributed by atoms with Gasteiger partial charge >= 0.3 is 0 Å². The molecule has 0 N–H and O–H groups in total. The zero-order valence-electron chi connectivity index (χ0n) is 15.5. The summed E-state index contributed by atoms with van der Waals surface area (Å²) in [6.45, 7) is 5.70. The molecule has 4 heteroatoms. The summed E-state index contributed by atoms with van der Waals surface area (Å²) in [5.41, 5.74) is 0. The molecule has 0 unspecified atom stereocenters. The lowest BCUT2D eigenvalue weighted by Gasteiger charge is -2.27. The van der Waals surface area contributed by atoms with Gasteiger partial charge in [0.25, 0.3) is 0 Å². The molecule has 0 aromatic heterocycles. The first-order valence-electron chi connectivity index (χ1n) is 9.92. The minimum absolute atomic E-state index is 0.713. The van der Waals surface area contributed by atoms with E-state index in [4.69, 9.17) is 0 Å². The van der Waals surface area contributed by atoms with Crippen LogP contribution in [-0.4, -0.2) is 54.7 Å². The molecule has 2 aromatic carbocycles. The number of benzene rings is 2. The highest BCUT2D eigenvalue weighted by molar-refractivity contribution is 7.78. The average Bonchev–Trinajstić information content (AvgIpc) is 3.05. The van der Waals surface area contributed by atoms with Crippen LogP contribution in [0.3, 0.4) is 0 Å². The second-order valence-electron chi connectivity index (χ2n) is 7.62. The van der Waals surface area contributed by atoms with Crippen molar-refractivity contribution in [1.82, 2.24) is 9.80 Å². The van der Waals surface area contributed by atoms with Crippen LogP contribution in [0, 0.1) is 0 Å². The molecular formula is C22H29N2OP. The van der Waals surface area contributed by atoms with Gasteiger partial charge in [-0.15, -0.1) is 0 Å². The number of hydrogen-bond acceptors (Lipinski definition) is 3. The fourth-order valence-electron chi connectivity index (χ4n) is 4.51. The van der Waals surface area contributed by atoms with E-state index in [1.165, 1.54) is 32.4 Å². The zero-order valence-corrected chi connectivity index (χ0v) is 16.4. The Labute approximate surface area is 157 Å². The molecule has 4 rings (SSSR count). The molecule has 2 aromatic rings. The SMILES string of the molecule is O=P(CCN1CCCN2CCC[C@H]2C1)(c1ccccc1)c1ccccc1. The number of nitrogens with zero attached hydrogens (tertiary/aromatic N) is 2. The Morgan fingerprint density at radius 1 is 0.846 bits per heavy atom. The molecule has 2 heterocycles. The van der Waals surface area contributed by atoms with E-state index in [9.17, 15) is 4.57 Å². The Bertz CT molecular complexity index is 706. The second-order valence-corrected chi connectivity index (χ2v) is 10.6. The van der Waals surface area contributed by atoms with Crippen molar-refractivity contribution >= 4 is 17.8 Å². The van der Waals surface area contributed by atoms with Crippen molar-refractivity contribution < 1.29 is 4.57 Å². The second kappa shape index (κ2) is 8.08. The van der Waals surface area contributed by atoms with Crippen molar-refractivity contribution in [2.75, 3.05) is 38.9 Å². The van der Waals surface area contributed by atoms with E-state index in [2.05, 4.69) is 9.80 Å². The first-order chi connectivity index (χ1) is 12.8. The monoisotopic (exact) mass is 368 g/mol. The molecule has 138 valence electrons. The summed E-state index contributed by atoms with van der Waals surface area (Å²) in [7, 11) is -2.59. The van der Waals surface area contributed by atoms with Crippen LogP contribution in [0.25, 0.3) is 0 Å². The molecule has 0 spiro atoms. The Morgan fingerprint density at radius 2 is 1.46 bits per heavy atom. The Hall–Kier alpha value is -1.41. The molecule has 0 radical (unpaired) electrons. The fourth-order valence-corrected chi connectivity index (χ4v) is 7.20. The fraction of sp³-hybridized carbons (Fsp3) is 0.455. The molecular weight excluding hydrogens is 339 g/mol. The summed E-state index contributed by atoms with van der Waals surface area (Å²) in [6, 6.07) is 20.9. The number of rotatable bonds is 5. The topological polar surface area (TPSA) is 23.6 Å². The van der Waals surface area contributed by atoms with Crippen LogP contribution in [0.15, 0.2) is 60.7 Å². The molecule has 0 saturated carbocycles. The summed E-state index contributed by atoms with van der Waals surface area (Å²) in [4.78, 5) is 5.22. The van der Waals surface area contributed by atoms with Crippen molar-refractivity contribution in [2.24, 2.45) is 0 Å². The molecule has 0 aliphatic carbocycles. The van der Waals surface area contributed by atoms with Crippen LogP contribution in [0.5, 0.6) is 0 Å². The molecule has 2 aliphatic heterocycles. The third kappa shape index (κ3) is 3.81. The van der Waals surface area contributed by atoms with Crippen molar-refractivity contribution in [1.29, 1.82) is 0 Å². The Balaban J connectivity index is 1.53. The maximum atomic E-state index is 14.1. The van der Waals surface area contributed by atoms with Crippen molar-refractivity contribution in [3.05, 3.63) is 60.7 Å². The van der Waals surface area contributed by atoms with Crippen molar-refractivity contribution in [3.63, 3.8) is 0 Å². The summed E-state index contributed by atoms with van der Waals surface area (Å²) >= 11 is 0. The van der Waals surface area contributed by atoms with Gasteiger partial charge in [-0.25, -0.2) is 0 Å². The molecule has 26 heavy (non-hydrogen) atoms. The largest absolute Gasteiger partial charge is 0.314 e. The van der Waals surface area contributed by atoms with Crippen LogP contribution in [0.2, 0.25) is 0 Å². The molecule has 1 atom stereocenters. The average molecular weight is 368 g/mol. The molecule has 2 fully saturated rings. The van der Waals surface area contributed by atoms with Crippen LogP contribution < -0.4 is 10.6 Å². The van der Waals surface area contributed by atoms with E-state index in [1.54, 1.807) is 0 Å². The van der Waals surface area contributed by atoms with Crippen LogP contribution in [-0.2, 0) is 4.57 Å². The van der Waals surface area contributed by atoms with Gasteiger partial charge in [0.2, 0.25) is 0 Å². The maximum Gasteiger partial charge on any atom is 0.144 e. The van der Waals surface area contributed by atoms with E-state index in [0.717, 1.165) is 36.4 Å². The molecule has 3 nitrogen and oxygen atoms in total. The highest BCUT2D eigenvalue weighted by Crippen LogP contribution is 2.43. The summed E-state index contributed by atoms with van der Waals surface area (Å²) < 4.78 is 14.1. The predicted octanol–water partition coefficient (Wildman–Crippen LogP) is 3.17. The number of hydrogen-bond donors (Lipinski definition) is 0. The highest BCUT2D eigenvalue weighted by Gasteiger charge is 2.31. The molecule has 0 amide bonds. The van der Waals surface area contributed by atoms with E-state index < -0.39 is 7.14 Å². The van der Waals surface area contributed by atoms with Gasteiger partial charge in [0.1, 0.15) is 7.14 Å². The third-order valence-corrected chi connectivity index (χ3v) is 9.06. The highest BCUT2D eigenvalue weighted by atomic mass is 31.2.